The Labute approximate surface area is 75.8 Å². The Bertz CT molecular complexity index is 301. The van der Waals surface area contributed by atoms with Gasteiger partial charge in [-0.25, -0.2) is 0 Å². The summed E-state index contributed by atoms with van der Waals surface area (Å²) in [6.45, 7) is 0. The number of hydrogen-bond donors (Lipinski definition) is 0. The molecule has 6 nitrogen and oxygen atoms in total. The Morgan fingerprint density at radius 2 is 1.13 bits per heavy atom. The zero-order chi connectivity index (χ0) is 12.7. The molecule has 15 heavy (non-hydrogen) atoms. The molecule has 0 bridgehead atoms. The van der Waals surface area contributed by atoms with Crippen LogP contribution in [-0.2, 0) is 0 Å². The van der Waals surface area contributed by atoms with Gasteiger partial charge in [0.2, 0.25) is 0 Å². The van der Waals surface area contributed by atoms with E-state index in [1.165, 1.54) is 0 Å². The standard InChI is InChI=1S/C3F6N2O4/c4-1(10(12)13,2(5,6)7)3(8,9)11(14)15. The van der Waals surface area contributed by atoms with E-state index in [9.17, 15) is 46.6 Å². The van der Waals surface area contributed by atoms with Gasteiger partial charge in [-0.3, -0.25) is 20.2 Å². The Kier molecular flexibility index (Phi) is 2.86. The lowest BCUT2D eigenvalue weighted by Crippen LogP contribution is -2.63. The van der Waals surface area contributed by atoms with Crippen molar-refractivity contribution in [3.05, 3.63) is 20.2 Å². The summed E-state index contributed by atoms with van der Waals surface area (Å²) < 4.78 is 71.5. The van der Waals surface area contributed by atoms with Crippen LogP contribution in [0.2, 0.25) is 0 Å². The third-order valence-electron chi connectivity index (χ3n) is 1.26. The first-order valence-corrected chi connectivity index (χ1v) is 2.81. The number of nitro groups is 2. The Morgan fingerprint density at radius 1 is 0.800 bits per heavy atom. The molecule has 0 saturated heterocycles. The molecule has 0 aliphatic rings. The van der Waals surface area contributed by atoms with E-state index in [-0.39, 0.29) is 0 Å². The maximum atomic E-state index is 12.4. The Hall–Kier alpha value is -1.62. The molecular weight excluding hydrogens is 242 g/mol. The second-order valence-electron chi connectivity index (χ2n) is 2.18. The fourth-order valence-corrected chi connectivity index (χ4v) is 0.505. The third kappa shape index (κ3) is 1.66. The molecule has 0 N–H and O–H groups in total. The van der Waals surface area contributed by atoms with Gasteiger partial charge in [0.25, 0.3) is 0 Å². The molecule has 0 aliphatic carbocycles. The van der Waals surface area contributed by atoms with Crippen LogP contribution in [0.15, 0.2) is 0 Å². The van der Waals surface area contributed by atoms with Gasteiger partial charge in [0.1, 0.15) is 4.92 Å². The van der Waals surface area contributed by atoms with Crippen molar-refractivity contribution in [2.24, 2.45) is 0 Å². The second-order valence-corrected chi connectivity index (χ2v) is 2.18. The molecule has 0 amide bonds. The van der Waals surface area contributed by atoms with Crippen molar-refractivity contribution in [2.75, 3.05) is 0 Å². The van der Waals surface area contributed by atoms with Gasteiger partial charge in [0.15, 0.2) is 0 Å². The zero-order valence-corrected chi connectivity index (χ0v) is 6.30. The van der Waals surface area contributed by atoms with E-state index in [2.05, 4.69) is 0 Å². The van der Waals surface area contributed by atoms with Crippen molar-refractivity contribution in [1.29, 1.82) is 0 Å². The maximum absolute atomic E-state index is 12.4. The minimum atomic E-state index is -6.72. The largest absolute Gasteiger partial charge is 0.626 e. The van der Waals surface area contributed by atoms with Crippen LogP contribution < -0.4 is 0 Å². The normalized spacial score (nSPS) is 16.9. The third-order valence-corrected chi connectivity index (χ3v) is 1.26. The SMILES string of the molecule is O=[N+]([O-])C(F)(F)C(F)([N+](=O)[O-])C(F)(F)F. The highest BCUT2D eigenvalue weighted by molar-refractivity contribution is 4.84. The molecule has 0 fully saturated rings. The van der Waals surface area contributed by atoms with Crippen LogP contribution in [0, 0.1) is 20.2 Å². The van der Waals surface area contributed by atoms with Gasteiger partial charge < -0.3 is 0 Å². The zero-order valence-electron chi connectivity index (χ0n) is 6.30. The van der Waals surface area contributed by atoms with E-state index in [4.69, 9.17) is 0 Å². The molecule has 0 aromatic heterocycles. The number of hydrogen-bond acceptors (Lipinski definition) is 4. The molecule has 0 radical (unpaired) electrons. The molecule has 1 unspecified atom stereocenters. The summed E-state index contributed by atoms with van der Waals surface area (Å²) in [5.74, 6) is -6.45. The van der Waals surface area contributed by atoms with Crippen molar-refractivity contribution in [3.8, 4) is 0 Å². The van der Waals surface area contributed by atoms with Crippen LogP contribution in [0.3, 0.4) is 0 Å². The highest BCUT2D eigenvalue weighted by atomic mass is 19.4. The van der Waals surface area contributed by atoms with Gasteiger partial charge in [0, 0.05) is 0 Å². The first-order valence-electron chi connectivity index (χ1n) is 2.81. The summed E-state index contributed by atoms with van der Waals surface area (Å²) in [6.07, 6.45) is -6.72. The quantitative estimate of drug-likeness (QED) is 0.323. The van der Waals surface area contributed by atoms with E-state index in [1.807, 2.05) is 0 Å². The lowest BCUT2D eigenvalue weighted by Gasteiger charge is -2.20. The molecule has 0 heterocycles. The molecule has 88 valence electrons. The second kappa shape index (κ2) is 3.20. The van der Waals surface area contributed by atoms with Gasteiger partial charge in [-0.15, -0.1) is 13.2 Å². The molecule has 0 aromatic rings. The summed E-state index contributed by atoms with van der Waals surface area (Å²) in [5, 5.41) is 19.0. The average molecular weight is 242 g/mol. The Balaban J connectivity index is 5.73. The average Bonchev–Trinajstić information content (AvgIpc) is 1.99. The highest BCUT2D eigenvalue weighted by Crippen LogP contribution is 2.45. The van der Waals surface area contributed by atoms with Crippen LogP contribution in [0.25, 0.3) is 0 Å². The van der Waals surface area contributed by atoms with Gasteiger partial charge in [0.05, 0.1) is 4.92 Å². The maximum Gasteiger partial charge on any atom is 0.626 e. The smallest absolute Gasteiger partial charge is 0.261 e. The van der Waals surface area contributed by atoms with E-state index in [0.717, 1.165) is 0 Å². The molecule has 0 aliphatic heterocycles. The summed E-state index contributed by atoms with van der Waals surface area (Å²) in [7, 11) is 0. The lowest BCUT2D eigenvalue weighted by atomic mass is 10.2. The summed E-state index contributed by atoms with van der Waals surface area (Å²) in [5.41, 5.74) is 0. The fraction of sp³-hybridized carbons (Fsp3) is 1.00. The summed E-state index contributed by atoms with van der Waals surface area (Å²) in [4.78, 5) is 12.9. The van der Waals surface area contributed by atoms with Crippen molar-refractivity contribution in [1.82, 2.24) is 0 Å². The van der Waals surface area contributed by atoms with E-state index >= 15 is 0 Å². The minimum Gasteiger partial charge on any atom is -0.261 e. The number of nitrogens with zero attached hydrogens (tertiary/aromatic N) is 2. The van der Waals surface area contributed by atoms with Crippen LogP contribution in [0.1, 0.15) is 0 Å². The first kappa shape index (κ1) is 13.4. The highest BCUT2D eigenvalue weighted by Gasteiger charge is 2.91. The summed E-state index contributed by atoms with van der Waals surface area (Å²) in [6, 6.07) is -6.41. The molecule has 0 rings (SSSR count). The first-order chi connectivity index (χ1) is 6.39. The number of rotatable bonds is 3. The Morgan fingerprint density at radius 3 is 1.20 bits per heavy atom. The van der Waals surface area contributed by atoms with Crippen molar-refractivity contribution in [2.45, 2.75) is 18.0 Å². The molecular formula is C3F6N2O4. The van der Waals surface area contributed by atoms with Crippen LogP contribution in [0.4, 0.5) is 26.3 Å². The molecule has 0 aromatic carbocycles. The van der Waals surface area contributed by atoms with Gasteiger partial charge in [-0.1, -0.05) is 0 Å². The molecule has 0 saturated carbocycles. The van der Waals surface area contributed by atoms with Crippen LogP contribution in [0.5, 0.6) is 0 Å². The predicted molar refractivity (Wildman–Crippen MR) is 28.8 cm³/mol. The lowest BCUT2D eigenvalue weighted by molar-refractivity contribution is -0.783. The van der Waals surface area contributed by atoms with Gasteiger partial charge in [-0.2, -0.15) is 13.2 Å². The van der Waals surface area contributed by atoms with Gasteiger partial charge in [-0.05, 0) is 0 Å². The van der Waals surface area contributed by atoms with Crippen molar-refractivity contribution >= 4 is 0 Å². The topological polar surface area (TPSA) is 86.3 Å². The monoisotopic (exact) mass is 242 g/mol. The molecule has 12 heteroatoms. The van der Waals surface area contributed by atoms with E-state index < -0.39 is 27.9 Å². The number of halogens is 6. The molecule has 1 atom stereocenters. The predicted octanol–water partition coefficient (Wildman–Crippen LogP) is 1.36. The van der Waals surface area contributed by atoms with Gasteiger partial charge >= 0.3 is 18.0 Å². The minimum absolute atomic E-state index is 3.01. The van der Waals surface area contributed by atoms with Crippen molar-refractivity contribution < 1.29 is 36.2 Å². The summed E-state index contributed by atoms with van der Waals surface area (Å²) >= 11 is 0. The number of alkyl halides is 6. The molecule has 0 spiro atoms. The van der Waals surface area contributed by atoms with Crippen molar-refractivity contribution in [3.63, 3.8) is 0 Å². The van der Waals surface area contributed by atoms with E-state index in [1.54, 1.807) is 0 Å². The fourth-order valence-electron chi connectivity index (χ4n) is 0.505. The van der Waals surface area contributed by atoms with E-state index in [0.29, 0.717) is 0 Å². The van der Waals surface area contributed by atoms with Crippen LogP contribution in [-0.4, -0.2) is 27.9 Å². The van der Waals surface area contributed by atoms with Crippen LogP contribution >= 0.6 is 0 Å².